The molecule has 1 unspecified atom stereocenters. The van der Waals surface area contributed by atoms with Crippen LogP contribution in [-0.2, 0) is 14.3 Å². The van der Waals surface area contributed by atoms with Gasteiger partial charge in [-0.2, -0.15) is 0 Å². The lowest BCUT2D eigenvalue weighted by molar-refractivity contribution is -0.231. The fourth-order valence-corrected chi connectivity index (χ4v) is 1.73. The molecule has 0 saturated carbocycles. The number of carbonyl (C=O) groups excluding carboxylic acids is 1. The summed E-state index contributed by atoms with van der Waals surface area (Å²) in [6, 6.07) is 0. The van der Waals surface area contributed by atoms with E-state index in [-0.39, 0.29) is 13.0 Å². The van der Waals surface area contributed by atoms with Crippen molar-refractivity contribution in [1.29, 1.82) is 0 Å². The molecule has 1 aliphatic heterocycles. The van der Waals surface area contributed by atoms with Crippen LogP contribution in [0, 0.1) is 0 Å². The van der Waals surface area contributed by atoms with Gasteiger partial charge in [0, 0.05) is 0 Å². The molecule has 7 nitrogen and oxygen atoms in total. The van der Waals surface area contributed by atoms with Gasteiger partial charge < -0.3 is 29.9 Å². The molecule has 0 aromatic carbocycles. The zero-order valence-electron chi connectivity index (χ0n) is 9.52. The second kappa shape index (κ2) is 6.27. The minimum atomic E-state index is -1.46. The number of aliphatic hydroxyl groups excluding tert-OH is 4. The highest BCUT2D eigenvalue weighted by Gasteiger charge is 2.44. The maximum absolute atomic E-state index is 11.2. The Kier molecular flexibility index (Phi) is 5.29. The van der Waals surface area contributed by atoms with Gasteiger partial charge in [0.2, 0.25) is 0 Å². The standard InChI is InChI=1S/C10H18O7/c1-2-16-7(12)3-5-8(13)10(15)9(14)6(4-11)17-5/h5-6,8-11,13-15H,2-4H2,1H3/t5?,6-,8+,9+,10-/m1/s1. The lowest BCUT2D eigenvalue weighted by Crippen LogP contribution is -2.58. The number of carbonyl (C=O) groups is 1. The minimum Gasteiger partial charge on any atom is -0.466 e. The molecule has 7 heteroatoms. The number of hydrogen-bond donors (Lipinski definition) is 4. The number of ether oxygens (including phenoxy) is 2. The van der Waals surface area contributed by atoms with E-state index in [0.29, 0.717) is 0 Å². The van der Waals surface area contributed by atoms with Crippen molar-refractivity contribution < 1.29 is 34.7 Å². The van der Waals surface area contributed by atoms with Gasteiger partial charge in [-0.3, -0.25) is 4.79 Å². The predicted octanol–water partition coefficient (Wildman–Crippen LogP) is -2.22. The Balaban J connectivity index is 2.62. The average Bonchev–Trinajstić information content (AvgIpc) is 2.30. The smallest absolute Gasteiger partial charge is 0.308 e. The summed E-state index contributed by atoms with van der Waals surface area (Å²) in [5.41, 5.74) is 0. The minimum absolute atomic E-state index is 0.205. The maximum Gasteiger partial charge on any atom is 0.308 e. The van der Waals surface area contributed by atoms with E-state index in [9.17, 15) is 20.1 Å². The molecule has 0 bridgehead atoms. The number of aliphatic hydroxyl groups is 4. The first-order valence-electron chi connectivity index (χ1n) is 5.47. The first-order valence-corrected chi connectivity index (χ1v) is 5.47. The highest BCUT2D eigenvalue weighted by molar-refractivity contribution is 5.70. The normalized spacial score (nSPS) is 37.8. The zero-order chi connectivity index (χ0) is 13.0. The van der Waals surface area contributed by atoms with Gasteiger partial charge in [-0.1, -0.05) is 0 Å². The molecule has 0 aromatic rings. The molecular weight excluding hydrogens is 232 g/mol. The van der Waals surface area contributed by atoms with Crippen molar-refractivity contribution >= 4 is 5.97 Å². The molecule has 1 heterocycles. The van der Waals surface area contributed by atoms with Crippen molar-refractivity contribution in [2.45, 2.75) is 43.9 Å². The van der Waals surface area contributed by atoms with Crippen LogP contribution in [0.2, 0.25) is 0 Å². The molecule has 1 rings (SSSR count). The maximum atomic E-state index is 11.2. The van der Waals surface area contributed by atoms with Crippen molar-refractivity contribution in [3.8, 4) is 0 Å². The quantitative estimate of drug-likeness (QED) is 0.418. The predicted molar refractivity (Wildman–Crippen MR) is 55.0 cm³/mol. The van der Waals surface area contributed by atoms with Crippen LogP contribution < -0.4 is 0 Å². The lowest BCUT2D eigenvalue weighted by Gasteiger charge is -2.39. The molecule has 0 spiro atoms. The highest BCUT2D eigenvalue weighted by atomic mass is 16.6. The third-order valence-corrected chi connectivity index (χ3v) is 2.66. The molecule has 0 amide bonds. The molecule has 100 valence electrons. The van der Waals surface area contributed by atoms with Crippen LogP contribution in [0.1, 0.15) is 13.3 Å². The van der Waals surface area contributed by atoms with Gasteiger partial charge in [0.05, 0.1) is 25.7 Å². The molecule has 1 saturated heterocycles. The summed E-state index contributed by atoms with van der Waals surface area (Å²) in [4.78, 5) is 11.2. The molecule has 0 radical (unpaired) electrons. The number of esters is 1. The van der Waals surface area contributed by atoms with Crippen LogP contribution in [0.15, 0.2) is 0 Å². The summed E-state index contributed by atoms with van der Waals surface area (Å²) in [5, 5.41) is 37.5. The van der Waals surface area contributed by atoms with Gasteiger partial charge in [-0.25, -0.2) is 0 Å². The van der Waals surface area contributed by atoms with E-state index >= 15 is 0 Å². The summed E-state index contributed by atoms with van der Waals surface area (Å²) in [5.74, 6) is -0.572. The molecule has 4 N–H and O–H groups in total. The highest BCUT2D eigenvalue weighted by Crippen LogP contribution is 2.23. The Morgan fingerprint density at radius 3 is 2.29 bits per heavy atom. The van der Waals surface area contributed by atoms with E-state index in [2.05, 4.69) is 4.74 Å². The largest absolute Gasteiger partial charge is 0.466 e. The monoisotopic (exact) mass is 250 g/mol. The Bertz CT molecular complexity index is 255. The summed E-state index contributed by atoms with van der Waals surface area (Å²) in [7, 11) is 0. The lowest BCUT2D eigenvalue weighted by atomic mass is 9.93. The van der Waals surface area contributed by atoms with Crippen molar-refractivity contribution in [2.75, 3.05) is 13.2 Å². The van der Waals surface area contributed by atoms with Crippen LogP contribution >= 0.6 is 0 Å². The van der Waals surface area contributed by atoms with E-state index in [0.717, 1.165) is 0 Å². The summed E-state index contributed by atoms with van der Waals surface area (Å²) in [6.45, 7) is 1.34. The fourth-order valence-electron chi connectivity index (χ4n) is 1.73. The van der Waals surface area contributed by atoms with Crippen LogP contribution in [0.5, 0.6) is 0 Å². The Morgan fingerprint density at radius 2 is 1.76 bits per heavy atom. The molecular formula is C10H18O7. The number of rotatable bonds is 4. The van der Waals surface area contributed by atoms with E-state index in [4.69, 9.17) is 9.84 Å². The van der Waals surface area contributed by atoms with Crippen LogP contribution in [0.25, 0.3) is 0 Å². The van der Waals surface area contributed by atoms with Gasteiger partial charge in [0.25, 0.3) is 0 Å². The Labute approximate surface area is 98.6 Å². The molecule has 1 aliphatic rings. The molecule has 1 fully saturated rings. The van der Waals surface area contributed by atoms with Crippen LogP contribution in [-0.4, -0.2) is 70.1 Å². The van der Waals surface area contributed by atoms with Gasteiger partial charge in [0.15, 0.2) is 0 Å². The number of hydrogen-bond acceptors (Lipinski definition) is 7. The van der Waals surface area contributed by atoms with Crippen LogP contribution in [0.3, 0.4) is 0 Å². The van der Waals surface area contributed by atoms with E-state index < -0.39 is 43.1 Å². The zero-order valence-corrected chi connectivity index (χ0v) is 9.52. The van der Waals surface area contributed by atoms with Crippen molar-refractivity contribution in [2.24, 2.45) is 0 Å². The molecule has 5 atom stereocenters. The topological polar surface area (TPSA) is 116 Å². The van der Waals surface area contributed by atoms with Crippen LogP contribution in [0.4, 0.5) is 0 Å². The van der Waals surface area contributed by atoms with Gasteiger partial charge in [-0.05, 0) is 6.92 Å². The van der Waals surface area contributed by atoms with E-state index in [1.807, 2.05) is 0 Å². The molecule has 0 aromatic heterocycles. The second-order valence-corrected chi connectivity index (χ2v) is 3.88. The third kappa shape index (κ3) is 3.36. The van der Waals surface area contributed by atoms with Crippen molar-refractivity contribution in [1.82, 2.24) is 0 Å². The van der Waals surface area contributed by atoms with Crippen molar-refractivity contribution in [3.05, 3.63) is 0 Å². The van der Waals surface area contributed by atoms with Crippen molar-refractivity contribution in [3.63, 3.8) is 0 Å². The second-order valence-electron chi connectivity index (χ2n) is 3.88. The third-order valence-electron chi connectivity index (χ3n) is 2.66. The first kappa shape index (κ1) is 14.3. The summed E-state index contributed by atoms with van der Waals surface area (Å²) < 4.78 is 9.82. The summed E-state index contributed by atoms with van der Waals surface area (Å²) in [6.07, 6.45) is -6.49. The molecule has 0 aliphatic carbocycles. The Morgan fingerprint density at radius 1 is 1.18 bits per heavy atom. The van der Waals surface area contributed by atoms with E-state index in [1.54, 1.807) is 6.92 Å². The van der Waals surface area contributed by atoms with Gasteiger partial charge in [0.1, 0.15) is 24.4 Å². The fraction of sp³-hybridized carbons (Fsp3) is 0.900. The molecule has 17 heavy (non-hydrogen) atoms. The average molecular weight is 250 g/mol. The van der Waals surface area contributed by atoms with Gasteiger partial charge in [-0.15, -0.1) is 0 Å². The SMILES string of the molecule is CCOC(=O)CC1O[C@H](CO)[C@H](O)[C@H](O)[C@H]1O. The summed E-state index contributed by atoms with van der Waals surface area (Å²) >= 11 is 0. The Hall–Kier alpha value is -0.730. The first-order chi connectivity index (χ1) is 8.01. The van der Waals surface area contributed by atoms with Gasteiger partial charge >= 0.3 is 5.97 Å². The van der Waals surface area contributed by atoms with E-state index in [1.165, 1.54) is 0 Å².